The number of carbonyl (C=O) groups excluding carboxylic acids is 2. The lowest BCUT2D eigenvalue weighted by Crippen LogP contribution is -2.30. The van der Waals surface area contributed by atoms with Gasteiger partial charge in [0.15, 0.2) is 6.10 Å². The first-order chi connectivity index (χ1) is 26.6. The third kappa shape index (κ3) is 43.6. The van der Waals surface area contributed by atoms with E-state index in [1.54, 1.807) is 0 Å². The second-order valence-electron chi connectivity index (χ2n) is 16.7. The zero-order valence-electron chi connectivity index (χ0n) is 37.0. The molecule has 54 heavy (non-hydrogen) atoms. The zero-order chi connectivity index (χ0) is 39.3. The van der Waals surface area contributed by atoms with Gasteiger partial charge in [-0.05, 0) is 19.3 Å². The van der Waals surface area contributed by atoms with Crippen LogP contribution in [0.25, 0.3) is 0 Å². The van der Waals surface area contributed by atoms with Crippen molar-refractivity contribution in [2.24, 2.45) is 0 Å². The summed E-state index contributed by atoms with van der Waals surface area (Å²) in [5, 5.41) is 0. The Labute approximate surface area is 338 Å². The van der Waals surface area contributed by atoms with E-state index in [4.69, 9.17) is 14.2 Å². The van der Waals surface area contributed by atoms with Crippen LogP contribution in [0.3, 0.4) is 0 Å². The van der Waals surface area contributed by atoms with Crippen LogP contribution in [-0.4, -0.2) is 37.9 Å². The number of carbonyl (C=O) groups is 2. The monoisotopic (exact) mass is 765 g/mol. The molecule has 1 unspecified atom stereocenters. The summed E-state index contributed by atoms with van der Waals surface area (Å²) in [6.45, 7) is 7.86. The first-order valence-corrected chi connectivity index (χ1v) is 24.6. The van der Waals surface area contributed by atoms with E-state index in [0.29, 0.717) is 26.1 Å². The van der Waals surface area contributed by atoms with Crippen molar-refractivity contribution in [1.82, 2.24) is 0 Å². The van der Waals surface area contributed by atoms with Crippen LogP contribution in [0, 0.1) is 0 Å². The van der Waals surface area contributed by atoms with Crippen LogP contribution in [-0.2, 0) is 23.8 Å². The number of ether oxygens (including phenoxy) is 3. The third-order valence-corrected chi connectivity index (χ3v) is 11.1. The van der Waals surface area contributed by atoms with Crippen LogP contribution >= 0.6 is 0 Å². The van der Waals surface area contributed by atoms with Crippen LogP contribution in [0.15, 0.2) is 0 Å². The molecule has 0 fully saturated rings. The third-order valence-electron chi connectivity index (χ3n) is 11.1. The Morgan fingerprint density at radius 1 is 0.333 bits per heavy atom. The normalized spacial score (nSPS) is 12.0. The molecular weight excluding hydrogens is 669 g/mol. The van der Waals surface area contributed by atoms with Gasteiger partial charge < -0.3 is 14.2 Å². The Kier molecular flexibility index (Phi) is 45.3. The highest BCUT2D eigenvalue weighted by molar-refractivity contribution is 5.70. The van der Waals surface area contributed by atoms with Gasteiger partial charge >= 0.3 is 11.9 Å². The smallest absolute Gasteiger partial charge is 0.306 e. The van der Waals surface area contributed by atoms with Crippen LogP contribution < -0.4 is 0 Å². The fraction of sp³-hybridized carbons (Fsp3) is 0.959. The summed E-state index contributed by atoms with van der Waals surface area (Å²) in [7, 11) is 0. The molecule has 1 atom stereocenters. The average molecular weight is 765 g/mol. The maximum absolute atomic E-state index is 12.6. The van der Waals surface area contributed by atoms with Crippen LogP contribution in [0.5, 0.6) is 0 Å². The van der Waals surface area contributed by atoms with Crippen molar-refractivity contribution < 1.29 is 23.8 Å². The lowest BCUT2D eigenvalue weighted by Gasteiger charge is -2.18. The standard InChI is InChI=1S/C49H96O5/c1-4-7-10-13-16-18-20-22-23-24-25-26-27-28-29-31-34-36-39-42-48(50)53-46-47(54-49(51)43-40-37-33-15-12-9-6-3)45-52-44-41-38-35-32-30-21-19-17-14-11-8-5-2/h47H,4-46H2,1-3H3. The molecule has 5 heteroatoms. The lowest BCUT2D eigenvalue weighted by molar-refractivity contribution is -0.163. The number of hydrogen-bond acceptors (Lipinski definition) is 5. The van der Waals surface area contributed by atoms with Crippen LogP contribution in [0.2, 0.25) is 0 Å². The molecule has 0 saturated carbocycles. The Morgan fingerprint density at radius 2 is 0.611 bits per heavy atom. The summed E-state index contributed by atoms with van der Waals surface area (Å²) < 4.78 is 17.3. The molecule has 0 amide bonds. The molecule has 0 rings (SSSR count). The van der Waals surface area contributed by atoms with Crippen molar-refractivity contribution >= 4 is 11.9 Å². The van der Waals surface area contributed by atoms with Gasteiger partial charge in [0.1, 0.15) is 6.61 Å². The van der Waals surface area contributed by atoms with Gasteiger partial charge in [0.25, 0.3) is 0 Å². The molecule has 0 aromatic rings. The van der Waals surface area contributed by atoms with Gasteiger partial charge in [0.2, 0.25) is 0 Å². The van der Waals surface area contributed by atoms with E-state index in [2.05, 4.69) is 20.8 Å². The largest absolute Gasteiger partial charge is 0.462 e. The molecule has 0 aliphatic heterocycles. The molecule has 0 saturated heterocycles. The molecule has 0 N–H and O–H groups in total. The van der Waals surface area contributed by atoms with Crippen LogP contribution in [0.4, 0.5) is 0 Å². The molecule has 5 nitrogen and oxygen atoms in total. The van der Waals surface area contributed by atoms with Gasteiger partial charge in [-0.15, -0.1) is 0 Å². The van der Waals surface area contributed by atoms with E-state index in [1.807, 2.05) is 0 Å². The Hall–Kier alpha value is -1.10. The first-order valence-electron chi connectivity index (χ1n) is 24.6. The molecule has 0 spiro atoms. The molecular formula is C49H96O5. The number of hydrogen-bond donors (Lipinski definition) is 0. The van der Waals surface area contributed by atoms with E-state index in [9.17, 15) is 9.59 Å². The molecule has 0 heterocycles. The predicted octanol–water partition coefficient (Wildman–Crippen LogP) is 16.1. The summed E-state index contributed by atoms with van der Waals surface area (Å²) in [5.74, 6) is -0.381. The molecule has 0 radical (unpaired) electrons. The second kappa shape index (κ2) is 46.3. The maximum atomic E-state index is 12.6. The Bertz CT molecular complexity index is 740. The molecule has 0 bridgehead atoms. The number of rotatable bonds is 46. The SMILES string of the molecule is CCCCCCCCCCCCCCCCCCCCCC(=O)OCC(COCCCCCCCCCCCCCC)OC(=O)CCCCCCCCC. The number of esters is 2. The summed E-state index contributed by atoms with van der Waals surface area (Å²) in [6.07, 6.45) is 49.7. The quantitative estimate of drug-likeness (QED) is 0.0456. The van der Waals surface area contributed by atoms with Crippen molar-refractivity contribution in [3.8, 4) is 0 Å². The molecule has 0 aliphatic rings. The fourth-order valence-corrected chi connectivity index (χ4v) is 7.45. The van der Waals surface area contributed by atoms with E-state index in [-0.39, 0.29) is 18.5 Å². The minimum Gasteiger partial charge on any atom is -0.462 e. The summed E-state index contributed by atoms with van der Waals surface area (Å²) in [6, 6.07) is 0. The van der Waals surface area contributed by atoms with E-state index in [1.165, 1.54) is 212 Å². The lowest BCUT2D eigenvalue weighted by atomic mass is 10.0. The highest BCUT2D eigenvalue weighted by Gasteiger charge is 2.17. The molecule has 322 valence electrons. The van der Waals surface area contributed by atoms with Gasteiger partial charge in [-0.25, -0.2) is 0 Å². The molecule has 0 aromatic heterocycles. The molecule has 0 aliphatic carbocycles. The van der Waals surface area contributed by atoms with Crippen molar-refractivity contribution in [3.63, 3.8) is 0 Å². The summed E-state index contributed by atoms with van der Waals surface area (Å²) in [5.41, 5.74) is 0. The zero-order valence-corrected chi connectivity index (χ0v) is 37.0. The Morgan fingerprint density at radius 3 is 0.944 bits per heavy atom. The van der Waals surface area contributed by atoms with Crippen molar-refractivity contribution in [2.75, 3.05) is 19.8 Å². The number of unbranched alkanes of at least 4 members (excludes halogenated alkanes) is 35. The summed E-state index contributed by atoms with van der Waals surface area (Å²) >= 11 is 0. The van der Waals surface area contributed by atoms with Gasteiger partial charge in [-0.1, -0.05) is 245 Å². The van der Waals surface area contributed by atoms with E-state index >= 15 is 0 Å². The first kappa shape index (κ1) is 52.9. The van der Waals surface area contributed by atoms with Crippen molar-refractivity contribution in [2.45, 2.75) is 284 Å². The van der Waals surface area contributed by atoms with Crippen molar-refractivity contribution in [3.05, 3.63) is 0 Å². The van der Waals surface area contributed by atoms with Crippen LogP contribution in [0.1, 0.15) is 278 Å². The highest BCUT2D eigenvalue weighted by atomic mass is 16.6. The van der Waals surface area contributed by atoms with Crippen molar-refractivity contribution in [1.29, 1.82) is 0 Å². The minimum absolute atomic E-state index is 0.0964. The van der Waals surface area contributed by atoms with Gasteiger partial charge in [0, 0.05) is 19.4 Å². The van der Waals surface area contributed by atoms with E-state index in [0.717, 1.165) is 32.1 Å². The maximum Gasteiger partial charge on any atom is 0.306 e. The Balaban J connectivity index is 4.01. The predicted molar refractivity (Wildman–Crippen MR) is 233 cm³/mol. The van der Waals surface area contributed by atoms with Gasteiger partial charge in [-0.2, -0.15) is 0 Å². The van der Waals surface area contributed by atoms with E-state index < -0.39 is 6.10 Å². The minimum atomic E-state index is -0.520. The highest BCUT2D eigenvalue weighted by Crippen LogP contribution is 2.16. The summed E-state index contributed by atoms with van der Waals surface area (Å²) in [4.78, 5) is 25.2. The topological polar surface area (TPSA) is 61.8 Å². The second-order valence-corrected chi connectivity index (χ2v) is 16.7. The average Bonchev–Trinajstić information content (AvgIpc) is 3.17. The van der Waals surface area contributed by atoms with Gasteiger partial charge in [-0.3, -0.25) is 9.59 Å². The van der Waals surface area contributed by atoms with Gasteiger partial charge in [0.05, 0.1) is 6.61 Å². The molecule has 0 aromatic carbocycles. The fourth-order valence-electron chi connectivity index (χ4n) is 7.45.